The molecule has 7 heteroatoms. The average molecular weight is 286 g/mol. The third kappa shape index (κ3) is 3.12. The number of imidazole rings is 1. The maximum atomic E-state index is 12.8. The number of carbonyl (C=O) groups excluding carboxylic acids is 2. The molecule has 106 valence electrons. The molecule has 0 aliphatic carbocycles. The van der Waals surface area contributed by atoms with Crippen LogP contribution >= 0.6 is 0 Å². The molecule has 21 heavy (non-hydrogen) atoms. The Labute approximate surface area is 119 Å². The first-order chi connectivity index (χ1) is 10.0. The minimum Gasteiger partial charge on any atom is -0.331 e. The fourth-order valence-electron chi connectivity index (χ4n) is 1.73. The van der Waals surface area contributed by atoms with E-state index in [9.17, 15) is 14.0 Å². The Kier molecular flexibility index (Phi) is 4.09. The highest BCUT2D eigenvalue weighted by Gasteiger charge is 2.29. The van der Waals surface area contributed by atoms with E-state index in [4.69, 9.17) is 5.26 Å². The second-order valence-electron chi connectivity index (χ2n) is 4.31. The van der Waals surface area contributed by atoms with Crippen LogP contribution in [-0.2, 0) is 11.8 Å². The first-order valence-electron chi connectivity index (χ1n) is 5.99. The Bertz CT molecular complexity index is 715. The van der Waals surface area contributed by atoms with Crippen molar-refractivity contribution >= 4 is 17.4 Å². The summed E-state index contributed by atoms with van der Waals surface area (Å²) in [7, 11) is 1.59. The van der Waals surface area contributed by atoms with Crippen molar-refractivity contribution in [1.82, 2.24) is 9.55 Å². The first-order valence-corrected chi connectivity index (χ1v) is 5.99. The summed E-state index contributed by atoms with van der Waals surface area (Å²) >= 11 is 0. The first kappa shape index (κ1) is 14.4. The predicted octanol–water partition coefficient (Wildman–Crippen LogP) is 1.52. The van der Waals surface area contributed by atoms with E-state index >= 15 is 0 Å². The monoisotopic (exact) mass is 286 g/mol. The Morgan fingerprint density at radius 2 is 2.05 bits per heavy atom. The summed E-state index contributed by atoms with van der Waals surface area (Å²) in [4.78, 5) is 27.9. The van der Waals surface area contributed by atoms with Crippen molar-refractivity contribution < 1.29 is 14.0 Å². The molecular formula is C14H11FN4O2. The van der Waals surface area contributed by atoms with E-state index in [2.05, 4.69) is 10.3 Å². The van der Waals surface area contributed by atoms with Gasteiger partial charge in [-0.3, -0.25) is 9.59 Å². The van der Waals surface area contributed by atoms with E-state index in [0.717, 1.165) is 0 Å². The smallest absolute Gasteiger partial charge is 0.249 e. The van der Waals surface area contributed by atoms with Crippen molar-refractivity contribution in [3.8, 4) is 6.07 Å². The molecule has 1 aromatic carbocycles. The molecule has 1 N–H and O–H groups in total. The van der Waals surface area contributed by atoms with Gasteiger partial charge in [-0.2, -0.15) is 5.26 Å². The lowest BCUT2D eigenvalue weighted by molar-refractivity contribution is -0.117. The Morgan fingerprint density at radius 3 is 2.57 bits per heavy atom. The topological polar surface area (TPSA) is 87.8 Å². The van der Waals surface area contributed by atoms with Gasteiger partial charge in [0.2, 0.25) is 11.7 Å². The molecule has 0 saturated carbocycles. The molecule has 1 unspecified atom stereocenters. The van der Waals surface area contributed by atoms with Crippen molar-refractivity contribution in [1.29, 1.82) is 5.26 Å². The van der Waals surface area contributed by atoms with Gasteiger partial charge in [-0.05, 0) is 24.3 Å². The molecule has 0 aliphatic rings. The molecular weight excluding hydrogens is 275 g/mol. The lowest BCUT2D eigenvalue weighted by Gasteiger charge is -2.09. The van der Waals surface area contributed by atoms with Crippen LogP contribution in [0.2, 0.25) is 0 Å². The molecule has 0 aliphatic heterocycles. The summed E-state index contributed by atoms with van der Waals surface area (Å²) in [6.45, 7) is 0. The van der Waals surface area contributed by atoms with Gasteiger partial charge in [0.15, 0.2) is 5.92 Å². The van der Waals surface area contributed by atoms with Gasteiger partial charge in [0, 0.05) is 12.7 Å². The molecule has 2 rings (SSSR count). The van der Waals surface area contributed by atoms with Crippen LogP contribution in [0.1, 0.15) is 10.5 Å². The van der Waals surface area contributed by atoms with E-state index in [1.54, 1.807) is 13.1 Å². The maximum absolute atomic E-state index is 12.8. The van der Waals surface area contributed by atoms with Crippen molar-refractivity contribution in [2.45, 2.75) is 0 Å². The number of nitrogens with one attached hydrogen (secondary N) is 1. The molecule has 1 amide bonds. The number of benzene rings is 1. The highest BCUT2D eigenvalue weighted by atomic mass is 19.1. The van der Waals surface area contributed by atoms with Crippen LogP contribution in [0.4, 0.5) is 10.1 Å². The van der Waals surface area contributed by atoms with Crippen LogP contribution in [0.25, 0.3) is 0 Å². The minimum absolute atomic E-state index is 0.163. The molecule has 1 heterocycles. The van der Waals surface area contributed by atoms with Crippen LogP contribution in [0.15, 0.2) is 36.8 Å². The number of nitriles is 1. The zero-order chi connectivity index (χ0) is 15.4. The van der Waals surface area contributed by atoms with Crippen LogP contribution in [0.5, 0.6) is 0 Å². The second-order valence-corrected chi connectivity index (χ2v) is 4.31. The van der Waals surface area contributed by atoms with Crippen molar-refractivity contribution in [2.75, 3.05) is 5.32 Å². The standard InChI is InChI=1S/C14H11FN4O2/c1-19-8-17-7-12(19)13(20)11(6-16)14(21)18-10-4-2-9(15)3-5-10/h2-5,7-8,11H,1H3,(H,18,21). The summed E-state index contributed by atoms with van der Waals surface area (Å²) in [5.41, 5.74) is 0.468. The van der Waals surface area contributed by atoms with E-state index in [1.807, 2.05) is 0 Å². The number of hydrogen-bond donors (Lipinski definition) is 1. The number of aromatic nitrogens is 2. The van der Waals surface area contributed by atoms with E-state index in [1.165, 1.54) is 41.4 Å². The third-order valence-electron chi connectivity index (χ3n) is 2.83. The van der Waals surface area contributed by atoms with Crippen LogP contribution in [0, 0.1) is 23.1 Å². The van der Waals surface area contributed by atoms with E-state index in [0.29, 0.717) is 5.69 Å². The fourth-order valence-corrected chi connectivity index (χ4v) is 1.73. The van der Waals surface area contributed by atoms with Gasteiger partial charge in [-0.25, -0.2) is 9.37 Å². The van der Waals surface area contributed by atoms with Crippen LogP contribution in [-0.4, -0.2) is 21.2 Å². The van der Waals surface area contributed by atoms with E-state index in [-0.39, 0.29) is 5.69 Å². The highest BCUT2D eigenvalue weighted by molar-refractivity contribution is 6.14. The number of halogens is 1. The van der Waals surface area contributed by atoms with Crippen LogP contribution in [0.3, 0.4) is 0 Å². The second kappa shape index (κ2) is 5.96. The molecule has 0 saturated heterocycles. The molecule has 2 aromatic rings. The number of hydrogen-bond acceptors (Lipinski definition) is 4. The number of amides is 1. The lowest BCUT2D eigenvalue weighted by Crippen LogP contribution is -2.29. The largest absolute Gasteiger partial charge is 0.331 e. The van der Waals surface area contributed by atoms with Gasteiger partial charge in [0.1, 0.15) is 11.5 Å². The minimum atomic E-state index is -1.49. The Hall–Kier alpha value is -3.01. The number of ketones is 1. The third-order valence-corrected chi connectivity index (χ3v) is 2.83. The number of Topliss-reactive ketones (excluding diaryl/α,β-unsaturated/α-hetero) is 1. The summed E-state index contributed by atoms with van der Waals surface area (Å²) in [6, 6.07) is 6.69. The quantitative estimate of drug-likeness (QED) is 0.681. The van der Waals surface area contributed by atoms with Gasteiger partial charge in [-0.15, -0.1) is 0 Å². The molecule has 0 spiro atoms. The average Bonchev–Trinajstić information content (AvgIpc) is 2.88. The highest BCUT2D eigenvalue weighted by Crippen LogP contribution is 2.13. The van der Waals surface area contributed by atoms with Crippen molar-refractivity contribution in [3.05, 3.63) is 48.3 Å². The molecule has 0 radical (unpaired) electrons. The summed E-state index contributed by atoms with van der Waals surface area (Å²) in [6.07, 6.45) is 2.69. The maximum Gasteiger partial charge on any atom is 0.249 e. The molecule has 1 aromatic heterocycles. The van der Waals surface area contributed by atoms with Gasteiger partial charge >= 0.3 is 0 Å². The van der Waals surface area contributed by atoms with Crippen molar-refractivity contribution in [2.24, 2.45) is 13.0 Å². The fraction of sp³-hybridized carbons (Fsp3) is 0.143. The Morgan fingerprint density at radius 1 is 1.38 bits per heavy atom. The number of nitrogens with zero attached hydrogens (tertiary/aromatic N) is 3. The number of anilines is 1. The molecule has 6 nitrogen and oxygen atoms in total. The normalized spacial score (nSPS) is 11.5. The van der Waals surface area contributed by atoms with Gasteiger partial charge < -0.3 is 9.88 Å². The summed E-state index contributed by atoms with van der Waals surface area (Å²) in [5, 5.41) is 11.5. The summed E-state index contributed by atoms with van der Waals surface area (Å²) in [5.74, 6) is -3.35. The lowest BCUT2D eigenvalue weighted by atomic mass is 10.0. The van der Waals surface area contributed by atoms with Gasteiger partial charge in [0.05, 0.1) is 18.6 Å². The zero-order valence-electron chi connectivity index (χ0n) is 11.1. The van der Waals surface area contributed by atoms with Crippen LogP contribution < -0.4 is 5.32 Å². The number of aryl methyl sites for hydroxylation is 1. The molecule has 0 fully saturated rings. The number of carbonyl (C=O) groups is 2. The molecule has 0 bridgehead atoms. The Balaban J connectivity index is 2.16. The van der Waals surface area contributed by atoms with Gasteiger partial charge in [0.25, 0.3) is 0 Å². The van der Waals surface area contributed by atoms with E-state index < -0.39 is 23.4 Å². The zero-order valence-corrected chi connectivity index (χ0v) is 11.1. The number of rotatable bonds is 4. The summed E-state index contributed by atoms with van der Waals surface area (Å²) < 4.78 is 14.2. The molecule has 1 atom stereocenters. The van der Waals surface area contributed by atoms with Crippen molar-refractivity contribution in [3.63, 3.8) is 0 Å². The van der Waals surface area contributed by atoms with Gasteiger partial charge in [-0.1, -0.05) is 0 Å². The SMILES string of the molecule is Cn1cncc1C(=O)C(C#N)C(=O)Nc1ccc(F)cc1. The predicted molar refractivity (Wildman–Crippen MR) is 71.7 cm³/mol.